The van der Waals surface area contributed by atoms with Gasteiger partial charge in [0.25, 0.3) is 5.91 Å². The second-order valence-electron chi connectivity index (χ2n) is 6.71. The van der Waals surface area contributed by atoms with Crippen LogP contribution < -0.4 is 10.1 Å². The van der Waals surface area contributed by atoms with Gasteiger partial charge in [-0.1, -0.05) is 30.8 Å². The summed E-state index contributed by atoms with van der Waals surface area (Å²) in [7, 11) is 0. The summed E-state index contributed by atoms with van der Waals surface area (Å²) in [4.78, 5) is 14.8. The van der Waals surface area contributed by atoms with E-state index < -0.39 is 0 Å². The first kappa shape index (κ1) is 17.1. The van der Waals surface area contributed by atoms with Gasteiger partial charge in [-0.15, -0.1) is 0 Å². The maximum Gasteiger partial charge on any atom is 0.258 e. The zero-order valence-corrected chi connectivity index (χ0v) is 15.0. The molecule has 3 rings (SSSR count). The number of nitrogens with zero attached hydrogens (tertiary/aromatic N) is 1. The van der Waals surface area contributed by atoms with E-state index >= 15 is 0 Å². The molecule has 0 aromatic heterocycles. The van der Waals surface area contributed by atoms with Crippen LogP contribution >= 0.6 is 0 Å². The molecular weight excluding hydrogens is 312 g/mol. The number of anilines is 1. The van der Waals surface area contributed by atoms with E-state index in [0.29, 0.717) is 12.2 Å². The summed E-state index contributed by atoms with van der Waals surface area (Å²) in [5.41, 5.74) is 3.59. The minimum Gasteiger partial charge on any atom is -0.489 e. The Bertz CT molecular complexity index is 781. The van der Waals surface area contributed by atoms with Crippen molar-refractivity contribution < 1.29 is 9.53 Å². The molecule has 0 bridgehead atoms. The Morgan fingerprint density at radius 1 is 1.20 bits per heavy atom. The van der Waals surface area contributed by atoms with Gasteiger partial charge in [0.1, 0.15) is 18.5 Å². The Morgan fingerprint density at radius 3 is 2.52 bits per heavy atom. The van der Waals surface area contributed by atoms with Crippen molar-refractivity contribution in [2.24, 2.45) is 0 Å². The maximum absolute atomic E-state index is 12.9. The molecule has 1 aliphatic rings. The third-order valence-electron chi connectivity index (χ3n) is 4.20. The molecule has 1 N–H and O–H groups in total. The predicted octanol–water partition coefficient (Wildman–Crippen LogP) is 4.62. The Hall–Kier alpha value is -2.75. The molecule has 4 heteroatoms. The standard InChI is InChI=1S/C21H24N2O2/c1-14(2)13-25-17-11-9-16(10-12-17)20-22-19-8-6-5-7-18(19)21(24)23(20)15(3)4/h5-12,15,20,22H,1,13H2,2-4H3. The fourth-order valence-corrected chi connectivity index (χ4v) is 3.00. The maximum atomic E-state index is 12.9. The Balaban J connectivity index is 1.89. The number of carbonyl (C=O) groups excluding carboxylic acids is 1. The number of rotatable bonds is 5. The first-order chi connectivity index (χ1) is 12.0. The number of ether oxygens (including phenoxy) is 1. The SMILES string of the molecule is C=C(C)COc1ccc(C2Nc3ccccc3C(=O)N2C(C)C)cc1. The van der Waals surface area contributed by atoms with Crippen LogP contribution in [0.4, 0.5) is 5.69 Å². The smallest absolute Gasteiger partial charge is 0.258 e. The molecule has 1 atom stereocenters. The zero-order valence-electron chi connectivity index (χ0n) is 15.0. The lowest BCUT2D eigenvalue weighted by Gasteiger charge is -2.40. The van der Waals surface area contributed by atoms with Crippen LogP contribution in [0.15, 0.2) is 60.7 Å². The van der Waals surface area contributed by atoms with Gasteiger partial charge in [-0.3, -0.25) is 4.79 Å². The van der Waals surface area contributed by atoms with Gasteiger partial charge in [-0.2, -0.15) is 0 Å². The molecule has 0 radical (unpaired) electrons. The highest BCUT2D eigenvalue weighted by Gasteiger charge is 2.34. The minimum absolute atomic E-state index is 0.0527. The number of hydrogen-bond donors (Lipinski definition) is 1. The molecule has 0 saturated carbocycles. The molecular formula is C21H24N2O2. The van der Waals surface area contributed by atoms with E-state index in [0.717, 1.165) is 22.6 Å². The summed E-state index contributed by atoms with van der Waals surface area (Å²) in [6, 6.07) is 15.6. The Labute approximate surface area is 149 Å². The fourth-order valence-electron chi connectivity index (χ4n) is 3.00. The Kier molecular flexibility index (Phi) is 4.79. The third-order valence-corrected chi connectivity index (χ3v) is 4.20. The molecule has 25 heavy (non-hydrogen) atoms. The van der Waals surface area contributed by atoms with Crippen molar-refractivity contribution in [1.29, 1.82) is 0 Å². The molecule has 1 amide bonds. The number of hydrogen-bond acceptors (Lipinski definition) is 3. The second kappa shape index (κ2) is 7.01. The van der Waals surface area contributed by atoms with Crippen molar-refractivity contribution in [2.75, 3.05) is 11.9 Å². The molecule has 0 saturated heterocycles. The van der Waals surface area contributed by atoms with Crippen molar-refractivity contribution in [2.45, 2.75) is 33.0 Å². The van der Waals surface area contributed by atoms with Crippen LogP contribution in [-0.4, -0.2) is 23.5 Å². The number of fused-ring (bicyclic) bond motifs is 1. The molecule has 1 unspecified atom stereocenters. The molecule has 0 fully saturated rings. The molecule has 4 nitrogen and oxygen atoms in total. The summed E-state index contributed by atoms with van der Waals surface area (Å²) < 4.78 is 5.66. The summed E-state index contributed by atoms with van der Waals surface area (Å²) in [5.74, 6) is 0.849. The van der Waals surface area contributed by atoms with Crippen LogP contribution in [0.3, 0.4) is 0 Å². The monoisotopic (exact) mass is 336 g/mol. The average molecular weight is 336 g/mol. The number of amides is 1. The molecule has 2 aromatic rings. The largest absolute Gasteiger partial charge is 0.489 e. The van der Waals surface area contributed by atoms with Crippen LogP contribution in [0.25, 0.3) is 0 Å². The fraction of sp³-hybridized carbons (Fsp3) is 0.286. The van der Waals surface area contributed by atoms with E-state index in [1.807, 2.05) is 74.2 Å². The van der Waals surface area contributed by atoms with Crippen molar-refractivity contribution in [3.05, 3.63) is 71.8 Å². The van der Waals surface area contributed by atoms with Crippen molar-refractivity contribution in [3.63, 3.8) is 0 Å². The van der Waals surface area contributed by atoms with Gasteiger partial charge >= 0.3 is 0 Å². The Morgan fingerprint density at radius 2 is 1.88 bits per heavy atom. The van der Waals surface area contributed by atoms with E-state index in [4.69, 9.17) is 4.74 Å². The van der Waals surface area contributed by atoms with Gasteiger partial charge in [0, 0.05) is 11.7 Å². The number of benzene rings is 2. The van der Waals surface area contributed by atoms with Gasteiger partial charge in [0.2, 0.25) is 0 Å². The van der Waals surface area contributed by atoms with Crippen LogP contribution in [0.2, 0.25) is 0 Å². The highest BCUT2D eigenvalue weighted by molar-refractivity contribution is 6.01. The van der Waals surface area contributed by atoms with Crippen molar-refractivity contribution in [1.82, 2.24) is 4.90 Å². The third kappa shape index (κ3) is 3.53. The minimum atomic E-state index is -0.197. The number of para-hydroxylation sites is 1. The molecule has 1 heterocycles. The van der Waals surface area contributed by atoms with E-state index in [9.17, 15) is 4.79 Å². The van der Waals surface area contributed by atoms with Gasteiger partial charge in [-0.05, 0) is 56.2 Å². The van der Waals surface area contributed by atoms with E-state index in [2.05, 4.69) is 11.9 Å². The second-order valence-corrected chi connectivity index (χ2v) is 6.71. The lowest BCUT2D eigenvalue weighted by Crippen LogP contribution is -2.46. The highest BCUT2D eigenvalue weighted by Crippen LogP contribution is 2.34. The van der Waals surface area contributed by atoms with E-state index in [-0.39, 0.29) is 18.1 Å². The van der Waals surface area contributed by atoms with E-state index in [1.165, 1.54) is 0 Å². The van der Waals surface area contributed by atoms with Crippen molar-refractivity contribution in [3.8, 4) is 5.75 Å². The van der Waals surface area contributed by atoms with Crippen LogP contribution in [0.5, 0.6) is 5.75 Å². The van der Waals surface area contributed by atoms with Gasteiger partial charge in [0.05, 0.1) is 5.56 Å². The quantitative estimate of drug-likeness (QED) is 0.810. The van der Waals surface area contributed by atoms with Crippen molar-refractivity contribution >= 4 is 11.6 Å². The van der Waals surface area contributed by atoms with E-state index in [1.54, 1.807) is 0 Å². The molecule has 130 valence electrons. The lowest BCUT2D eigenvalue weighted by molar-refractivity contribution is 0.0617. The summed E-state index contributed by atoms with van der Waals surface area (Å²) in [5, 5.41) is 3.49. The van der Waals surface area contributed by atoms with Crippen LogP contribution in [0, 0.1) is 0 Å². The molecule has 2 aromatic carbocycles. The highest BCUT2D eigenvalue weighted by atomic mass is 16.5. The summed E-state index contributed by atoms with van der Waals surface area (Å²) >= 11 is 0. The topological polar surface area (TPSA) is 41.6 Å². The normalized spacial score (nSPS) is 16.4. The number of nitrogens with one attached hydrogen (secondary N) is 1. The molecule has 0 aliphatic carbocycles. The molecule has 0 spiro atoms. The number of carbonyl (C=O) groups is 1. The zero-order chi connectivity index (χ0) is 18.0. The lowest BCUT2D eigenvalue weighted by atomic mass is 10.0. The predicted molar refractivity (Wildman–Crippen MR) is 101 cm³/mol. The summed E-state index contributed by atoms with van der Waals surface area (Å²) in [6.45, 7) is 10.3. The van der Waals surface area contributed by atoms with Gasteiger partial charge < -0.3 is 15.0 Å². The summed E-state index contributed by atoms with van der Waals surface area (Å²) in [6.07, 6.45) is -0.197. The molecule has 1 aliphatic heterocycles. The first-order valence-electron chi connectivity index (χ1n) is 8.52. The van der Waals surface area contributed by atoms with Gasteiger partial charge in [0.15, 0.2) is 0 Å². The average Bonchev–Trinajstić information content (AvgIpc) is 2.60. The van der Waals surface area contributed by atoms with Crippen LogP contribution in [0.1, 0.15) is 42.9 Å². The van der Waals surface area contributed by atoms with Gasteiger partial charge in [-0.25, -0.2) is 0 Å². The first-order valence-corrected chi connectivity index (χ1v) is 8.52. The van der Waals surface area contributed by atoms with Crippen LogP contribution in [-0.2, 0) is 0 Å².